The molecule has 3 rings (SSSR count). The van der Waals surface area contributed by atoms with Crippen molar-refractivity contribution in [3.8, 4) is 0 Å². The third-order valence-electron chi connectivity index (χ3n) is 3.71. The molecule has 0 radical (unpaired) electrons. The van der Waals surface area contributed by atoms with Crippen LogP contribution in [0.5, 0.6) is 0 Å². The van der Waals surface area contributed by atoms with Crippen LogP contribution in [-0.2, 0) is 0 Å². The number of amides is 1. The Bertz CT molecular complexity index is 731. The highest BCUT2D eigenvalue weighted by Crippen LogP contribution is 2.21. The smallest absolute Gasteiger partial charge is 0.262 e. The molecule has 134 valence electrons. The Kier molecular flexibility index (Phi) is 6.69. The molecule has 0 saturated carbocycles. The van der Waals surface area contributed by atoms with E-state index in [0.29, 0.717) is 0 Å². The maximum Gasteiger partial charge on any atom is 0.262 e. The number of benzene rings is 1. The van der Waals surface area contributed by atoms with Gasteiger partial charge in [0, 0.05) is 30.7 Å². The Balaban J connectivity index is 0.00000225. The van der Waals surface area contributed by atoms with Crippen molar-refractivity contribution in [2.75, 3.05) is 36.4 Å². The first-order valence-corrected chi connectivity index (χ1v) is 8.21. The summed E-state index contributed by atoms with van der Waals surface area (Å²) >= 11 is 2.98. The van der Waals surface area contributed by atoms with Crippen LogP contribution in [-0.4, -0.2) is 37.1 Å². The average molecular weight is 434 g/mol. The fourth-order valence-electron chi connectivity index (χ4n) is 2.51. The van der Waals surface area contributed by atoms with Gasteiger partial charge in [0.15, 0.2) is 0 Å². The molecule has 1 saturated heterocycles. The van der Waals surface area contributed by atoms with Gasteiger partial charge in [-0.2, -0.15) is 0 Å². The molecule has 5 nitrogen and oxygen atoms in total. The van der Waals surface area contributed by atoms with Gasteiger partial charge in [0.1, 0.15) is 23.0 Å². The number of aromatic nitrogens is 1. The topological polar surface area (TPSA) is 57.3 Å². The second-order valence-electron chi connectivity index (χ2n) is 5.34. The summed E-state index contributed by atoms with van der Waals surface area (Å²) in [6.07, 6.45) is 1.63. The van der Waals surface area contributed by atoms with Gasteiger partial charge in [-0.25, -0.2) is 13.8 Å². The fraction of sp³-hybridized carbons (Fsp3) is 0.250. The van der Waals surface area contributed by atoms with Gasteiger partial charge in [-0.15, -0.1) is 12.4 Å². The van der Waals surface area contributed by atoms with Gasteiger partial charge in [-0.1, -0.05) is 15.9 Å². The lowest BCUT2D eigenvalue weighted by atomic mass is 10.2. The molecule has 1 fully saturated rings. The second-order valence-corrected chi connectivity index (χ2v) is 6.25. The summed E-state index contributed by atoms with van der Waals surface area (Å²) in [4.78, 5) is 18.4. The highest BCUT2D eigenvalue weighted by atomic mass is 79.9. The van der Waals surface area contributed by atoms with Crippen molar-refractivity contribution in [1.82, 2.24) is 10.3 Å². The van der Waals surface area contributed by atoms with Gasteiger partial charge in [0.25, 0.3) is 5.91 Å². The number of halogens is 4. The number of hydrogen-bond donors (Lipinski definition) is 2. The van der Waals surface area contributed by atoms with Gasteiger partial charge >= 0.3 is 0 Å². The number of nitrogens with one attached hydrogen (secondary N) is 2. The lowest BCUT2D eigenvalue weighted by Gasteiger charge is -2.29. The zero-order valence-corrected chi connectivity index (χ0v) is 15.5. The number of hydrogen-bond acceptors (Lipinski definition) is 4. The van der Waals surface area contributed by atoms with Crippen LogP contribution in [0.25, 0.3) is 0 Å². The Morgan fingerprint density at radius 2 is 1.84 bits per heavy atom. The van der Waals surface area contributed by atoms with Crippen LogP contribution in [0.4, 0.5) is 20.3 Å². The highest BCUT2D eigenvalue weighted by Gasteiger charge is 2.19. The van der Waals surface area contributed by atoms with Crippen LogP contribution in [0.2, 0.25) is 0 Å². The molecule has 2 heterocycles. The Labute approximate surface area is 158 Å². The summed E-state index contributed by atoms with van der Waals surface area (Å²) in [5.41, 5.74) is 0.307. The van der Waals surface area contributed by atoms with Crippen LogP contribution < -0.4 is 15.5 Å². The molecule has 0 aliphatic carbocycles. The Hall–Kier alpha value is -1.77. The predicted octanol–water partition coefficient (Wildman–Crippen LogP) is 3.21. The first-order valence-electron chi connectivity index (χ1n) is 7.42. The maximum absolute atomic E-state index is 13.8. The standard InChI is InChI=1S/C16H15BrF2N4O.ClH/c17-10-7-12(18)15(13(19)8-10)16(24)22-14-2-1-11(9-21-14)23-5-3-20-4-6-23;/h1-2,7-9,20H,3-6H2,(H,21,22,24);1H. The van der Waals surface area contributed by atoms with Crippen LogP contribution in [0.3, 0.4) is 0 Å². The summed E-state index contributed by atoms with van der Waals surface area (Å²) in [6, 6.07) is 5.52. The second kappa shape index (κ2) is 8.55. The molecule has 1 aromatic carbocycles. The lowest BCUT2D eigenvalue weighted by molar-refractivity contribution is 0.101. The van der Waals surface area contributed by atoms with E-state index in [1.54, 1.807) is 12.3 Å². The van der Waals surface area contributed by atoms with E-state index in [1.165, 1.54) is 0 Å². The molecule has 1 aliphatic heterocycles. The van der Waals surface area contributed by atoms with Crippen molar-refractivity contribution in [1.29, 1.82) is 0 Å². The van der Waals surface area contributed by atoms with E-state index in [4.69, 9.17) is 0 Å². The molecule has 1 aliphatic rings. The van der Waals surface area contributed by atoms with Crippen molar-refractivity contribution < 1.29 is 13.6 Å². The number of pyridine rings is 1. The summed E-state index contributed by atoms with van der Waals surface area (Å²) in [5.74, 6) is -2.51. The largest absolute Gasteiger partial charge is 0.368 e. The van der Waals surface area contributed by atoms with Crippen LogP contribution in [0.15, 0.2) is 34.9 Å². The molecule has 2 N–H and O–H groups in total. The van der Waals surface area contributed by atoms with E-state index in [-0.39, 0.29) is 22.7 Å². The van der Waals surface area contributed by atoms with Gasteiger partial charge in [0.2, 0.25) is 0 Å². The quantitative estimate of drug-likeness (QED) is 0.780. The zero-order valence-electron chi connectivity index (χ0n) is 13.1. The molecule has 25 heavy (non-hydrogen) atoms. The summed E-state index contributed by atoms with van der Waals surface area (Å²) in [5, 5.41) is 5.67. The minimum Gasteiger partial charge on any atom is -0.368 e. The third-order valence-corrected chi connectivity index (χ3v) is 4.16. The van der Waals surface area contributed by atoms with Crippen LogP contribution in [0, 0.1) is 11.6 Å². The number of nitrogens with zero attached hydrogens (tertiary/aromatic N) is 2. The first kappa shape index (κ1) is 19.6. The van der Waals surface area contributed by atoms with E-state index in [9.17, 15) is 13.6 Å². The third kappa shape index (κ3) is 4.65. The number of anilines is 2. The first-order chi connectivity index (χ1) is 11.5. The Morgan fingerprint density at radius 1 is 1.20 bits per heavy atom. The van der Waals surface area contributed by atoms with E-state index in [1.807, 2.05) is 6.07 Å². The minimum atomic E-state index is -0.934. The molecule has 1 amide bonds. The normalized spacial score (nSPS) is 14.0. The highest BCUT2D eigenvalue weighted by molar-refractivity contribution is 9.10. The van der Waals surface area contributed by atoms with Crippen molar-refractivity contribution in [3.63, 3.8) is 0 Å². The van der Waals surface area contributed by atoms with Gasteiger partial charge in [-0.05, 0) is 24.3 Å². The lowest BCUT2D eigenvalue weighted by Crippen LogP contribution is -2.43. The molecule has 2 aromatic rings. The number of rotatable bonds is 3. The predicted molar refractivity (Wildman–Crippen MR) is 98.6 cm³/mol. The van der Waals surface area contributed by atoms with E-state index in [0.717, 1.165) is 44.0 Å². The molecule has 1 aromatic heterocycles. The van der Waals surface area contributed by atoms with Crippen LogP contribution >= 0.6 is 28.3 Å². The zero-order chi connectivity index (χ0) is 17.1. The monoisotopic (exact) mass is 432 g/mol. The fourth-order valence-corrected chi connectivity index (χ4v) is 2.91. The van der Waals surface area contributed by atoms with Crippen molar-refractivity contribution in [3.05, 3.63) is 52.1 Å². The number of carbonyl (C=O) groups is 1. The van der Waals surface area contributed by atoms with E-state index in [2.05, 4.69) is 36.4 Å². The van der Waals surface area contributed by atoms with Crippen LogP contribution in [0.1, 0.15) is 10.4 Å². The molecule has 0 atom stereocenters. The van der Waals surface area contributed by atoms with Crippen molar-refractivity contribution in [2.45, 2.75) is 0 Å². The number of carbonyl (C=O) groups excluding carboxylic acids is 1. The summed E-state index contributed by atoms with van der Waals surface area (Å²) in [7, 11) is 0. The summed E-state index contributed by atoms with van der Waals surface area (Å²) in [6.45, 7) is 3.56. The summed E-state index contributed by atoms with van der Waals surface area (Å²) < 4.78 is 27.8. The van der Waals surface area contributed by atoms with E-state index >= 15 is 0 Å². The Morgan fingerprint density at radius 3 is 2.40 bits per heavy atom. The van der Waals surface area contributed by atoms with Gasteiger partial charge in [-0.3, -0.25) is 4.79 Å². The van der Waals surface area contributed by atoms with Crippen molar-refractivity contribution >= 4 is 45.7 Å². The number of piperazine rings is 1. The average Bonchev–Trinajstić information content (AvgIpc) is 2.55. The van der Waals surface area contributed by atoms with E-state index < -0.39 is 23.1 Å². The molecular formula is C16H16BrClF2N4O. The van der Waals surface area contributed by atoms with Gasteiger partial charge in [0.05, 0.1) is 11.9 Å². The molecule has 9 heteroatoms. The van der Waals surface area contributed by atoms with Crippen molar-refractivity contribution in [2.24, 2.45) is 0 Å². The maximum atomic E-state index is 13.8. The van der Waals surface area contributed by atoms with Gasteiger partial charge < -0.3 is 15.5 Å². The SMILES string of the molecule is Cl.O=C(Nc1ccc(N2CCNCC2)cn1)c1c(F)cc(Br)cc1F. The molecule has 0 bridgehead atoms. The molecular weight excluding hydrogens is 418 g/mol. The molecule has 0 unspecified atom stereocenters. The minimum absolute atomic E-state index is 0. The molecule has 0 spiro atoms.